The number of hydrogen-bond donors (Lipinski definition) is 2. The maximum Gasteiger partial charge on any atom is 0.143 e. The van der Waals surface area contributed by atoms with E-state index in [1.807, 2.05) is 6.92 Å². The van der Waals surface area contributed by atoms with E-state index in [2.05, 4.69) is 17.3 Å². The fraction of sp³-hybridized carbons (Fsp3) is 0.889. The molecule has 3 N–H and O–H groups in total. The van der Waals surface area contributed by atoms with Crippen molar-refractivity contribution in [2.24, 2.45) is 10.8 Å². The van der Waals surface area contributed by atoms with Crippen molar-refractivity contribution in [1.82, 2.24) is 5.43 Å². The molecule has 0 saturated heterocycles. The molecule has 4 heteroatoms. The highest BCUT2D eigenvalue weighted by atomic mass is 16.5. The van der Waals surface area contributed by atoms with Crippen LogP contribution >= 0.6 is 0 Å². The molecule has 4 nitrogen and oxygen atoms in total. The Hall–Kier alpha value is -0.610. The molecule has 0 heterocycles. The van der Waals surface area contributed by atoms with E-state index in [9.17, 15) is 0 Å². The zero-order valence-corrected chi connectivity index (χ0v) is 8.63. The smallest absolute Gasteiger partial charge is 0.143 e. The highest BCUT2D eigenvalue weighted by Crippen LogP contribution is 2.26. The third-order valence-corrected chi connectivity index (χ3v) is 2.62. The molecule has 1 atom stereocenters. The van der Waals surface area contributed by atoms with Gasteiger partial charge in [0.1, 0.15) is 11.4 Å². The largest absolute Gasteiger partial charge is 0.371 e. The van der Waals surface area contributed by atoms with Crippen LogP contribution in [0.2, 0.25) is 0 Å². The number of methoxy groups -OCH3 is 1. The van der Waals surface area contributed by atoms with Crippen molar-refractivity contribution in [3.05, 3.63) is 0 Å². The topological polar surface area (TPSA) is 59.6 Å². The molecule has 0 spiro atoms. The second-order valence-corrected chi connectivity index (χ2v) is 3.64. The van der Waals surface area contributed by atoms with Crippen molar-refractivity contribution >= 4 is 5.84 Å². The third kappa shape index (κ3) is 2.42. The first kappa shape index (κ1) is 10.5. The maximum atomic E-state index is 5.43. The molecule has 1 saturated carbocycles. The van der Waals surface area contributed by atoms with E-state index in [1.54, 1.807) is 7.11 Å². The number of nitrogens with one attached hydrogen (secondary N) is 1. The van der Waals surface area contributed by atoms with Gasteiger partial charge >= 0.3 is 0 Å². The first-order valence-electron chi connectivity index (χ1n) is 4.76. The fourth-order valence-electron chi connectivity index (χ4n) is 1.12. The molecule has 1 rings (SSSR count). The molecule has 0 aliphatic heterocycles. The zero-order valence-electron chi connectivity index (χ0n) is 8.63. The number of hydrogen-bond acceptors (Lipinski definition) is 3. The Morgan fingerprint density at radius 1 is 1.69 bits per heavy atom. The van der Waals surface area contributed by atoms with Gasteiger partial charge in [-0.2, -0.15) is 0 Å². The summed E-state index contributed by atoms with van der Waals surface area (Å²) in [5.74, 6) is 6.19. The summed E-state index contributed by atoms with van der Waals surface area (Å²) in [5, 5.41) is 0. The molecule has 1 aliphatic carbocycles. The standard InChI is InChI=1S/C9H19N3O/c1-4-9(2,13-3)8(12-10)11-7-5-6-7/h7H,4-6,10H2,1-3H3,(H,11,12). The third-order valence-electron chi connectivity index (χ3n) is 2.62. The number of rotatable bonds is 4. The van der Waals surface area contributed by atoms with Gasteiger partial charge in [-0.1, -0.05) is 6.92 Å². The number of amidine groups is 1. The molecule has 0 bridgehead atoms. The monoisotopic (exact) mass is 185 g/mol. The first-order valence-corrected chi connectivity index (χ1v) is 4.76. The molecule has 13 heavy (non-hydrogen) atoms. The Bertz CT molecular complexity index is 195. The van der Waals surface area contributed by atoms with Gasteiger partial charge in [0.2, 0.25) is 0 Å². The van der Waals surface area contributed by atoms with Crippen LogP contribution in [0.1, 0.15) is 33.1 Å². The lowest BCUT2D eigenvalue weighted by Crippen LogP contribution is -2.48. The van der Waals surface area contributed by atoms with E-state index in [-0.39, 0.29) is 5.60 Å². The van der Waals surface area contributed by atoms with Crippen LogP contribution in [0.5, 0.6) is 0 Å². The summed E-state index contributed by atoms with van der Waals surface area (Å²) in [4.78, 5) is 4.48. The minimum absolute atomic E-state index is 0.364. The summed E-state index contributed by atoms with van der Waals surface area (Å²) < 4.78 is 5.40. The van der Waals surface area contributed by atoms with Crippen LogP contribution in [0.3, 0.4) is 0 Å². The lowest BCUT2D eigenvalue weighted by molar-refractivity contribution is 0.0597. The average Bonchev–Trinajstić information content (AvgIpc) is 2.96. The minimum atomic E-state index is -0.364. The number of nitrogens with two attached hydrogens (primary N) is 1. The van der Waals surface area contributed by atoms with Gasteiger partial charge in [0.05, 0.1) is 6.04 Å². The van der Waals surface area contributed by atoms with Gasteiger partial charge in [0, 0.05) is 7.11 Å². The Labute approximate surface area is 79.5 Å². The van der Waals surface area contributed by atoms with Crippen molar-refractivity contribution in [3.63, 3.8) is 0 Å². The maximum absolute atomic E-state index is 5.43. The van der Waals surface area contributed by atoms with Crippen LogP contribution in [0.4, 0.5) is 0 Å². The summed E-state index contributed by atoms with van der Waals surface area (Å²) in [6, 6.07) is 0.465. The molecule has 0 amide bonds. The van der Waals surface area contributed by atoms with Gasteiger partial charge in [-0.15, -0.1) is 0 Å². The van der Waals surface area contributed by atoms with Crippen LogP contribution < -0.4 is 11.3 Å². The van der Waals surface area contributed by atoms with Crippen molar-refractivity contribution in [3.8, 4) is 0 Å². The second kappa shape index (κ2) is 4.07. The number of nitrogens with zero attached hydrogens (tertiary/aromatic N) is 1. The lowest BCUT2D eigenvalue weighted by Gasteiger charge is -2.27. The summed E-state index contributed by atoms with van der Waals surface area (Å²) in [6.45, 7) is 4.05. The Balaban J connectivity index is 2.72. The lowest BCUT2D eigenvalue weighted by atomic mass is 10.0. The Kier molecular flexibility index (Phi) is 3.27. The molecular weight excluding hydrogens is 166 g/mol. The van der Waals surface area contributed by atoms with Crippen LogP contribution in [0.15, 0.2) is 4.99 Å². The van der Waals surface area contributed by atoms with Crippen molar-refractivity contribution < 1.29 is 4.74 Å². The normalized spacial score (nSPS) is 22.6. The predicted molar refractivity (Wildman–Crippen MR) is 53.5 cm³/mol. The van der Waals surface area contributed by atoms with Crippen LogP contribution in [-0.4, -0.2) is 24.6 Å². The SMILES string of the molecule is CCC(C)(OC)C(=NC1CC1)NN. The zero-order chi connectivity index (χ0) is 9.90. The van der Waals surface area contributed by atoms with Gasteiger partial charge < -0.3 is 10.2 Å². The average molecular weight is 185 g/mol. The quantitative estimate of drug-likeness (QED) is 0.295. The molecule has 0 aromatic carbocycles. The van der Waals surface area contributed by atoms with Crippen LogP contribution in [0.25, 0.3) is 0 Å². The van der Waals surface area contributed by atoms with E-state index in [1.165, 1.54) is 12.8 Å². The van der Waals surface area contributed by atoms with E-state index < -0.39 is 0 Å². The minimum Gasteiger partial charge on any atom is -0.371 e. The van der Waals surface area contributed by atoms with Gasteiger partial charge in [-0.25, -0.2) is 5.84 Å². The summed E-state index contributed by atoms with van der Waals surface area (Å²) in [6.07, 6.45) is 3.21. The molecule has 1 aliphatic rings. The molecule has 1 unspecified atom stereocenters. The predicted octanol–water partition coefficient (Wildman–Crippen LogP) is 0.826. The van der Waals surface area contributed by atoms with Gasteiger partial charge in [0.25, 0.3) is 0 Å². The summed E-state index contributed by atoms with van der Waals surface area (Å²) in [7, 11) is 1.68. The molecule has 0 radical (unpaired) electrons. The van der Waals surface area contributed by atoms with Crippen LogP contribution in [0, 0.1) is 0 Å². The number of aliphatic imine (C=N–C) groups is 1. The molecule has 0 aromatic rings. The van der Waals surface area contributed by atoms with E-state index in [4.69, 9.17) is 10.6 Å². The van der Waals surface area contributed by atoms with Crippen LogP contribution in [-0.2, 0) is 4.74 Å². The number of hydrazine groups is 1. The highest BCUT2D eigenvalue weighted by Gasteiger charge is 2.31. The molecule has 76 valence electrons. The number of ether oxygens (including phenoxy) is 1. The van der Waals surface area contributed by atoms with Crippen molar-refractivity contribution in [2.45, 2.75) is 44.8 Å². The van der Waals surface area contributed by atoms with Crippen molar-refractivity contribution in [2.75, 3.05) is 7.11 Å². The van der Waals surface area contributed by atoms with E-state index in [0.29, 0.717) is 6.04 Å². The van der Waals surface area contributed by atoms with Gasteiger partial charge in [-0.05, 0) is 26.2 Å². The molecule has 1 fully saturated rings. The van der Waals surface area contributed by atoms with E-state index in [0.717, 1.165) is 12.3 Å². The molecule has 0 aromatic heterocycles. The Morgan fingerprint density at radius 2 is 2.31 bits per heavy atom. The van der Waals surface area contributed by atoms with Crippen molar-refractivity contribution in [1.29, 1.82) is 0 Å². The Morgan fingerprint density at radius 3 is 2.62 bits per heavy atom. The highest BCUT2D eigenvalue weighted by molar-refractivity contribution is 5.90. The fourth-order valence-corrected chi connectivity index (χ4v) is 1.12. The van der Waals surface area contributed by atoms with Gasteiger partial charge in [0.15, 0.2) is 0 Å². The summed E-state index contributed by atoms with van der Waals surface area (Å²) >= 11 is 0. The van der Waals surface area contributed by atoms with E-state index >= 15 is 0 Å². The summed E-state index contributed by atoms with van der Waals surface area (Å²) in [5.41, 5.74) is 2.28. The molecular formula is C9H19N3O. The first-order chi connectivity index (χ1) is 6.16. The second-order valence-electron chi connectivity index (χ2n) is 3.64. The van der Waals surface area contributed by atoms with Gasteiger partial charge in [-0.3, -0.25) is 4.99 Å².